The Morgan fingerprint density at radius 2 is 1.44 bits per heavy atom. The quantitative estimate of drug-likeness (QED) is 0.191. The maximum atomic E-state index is 6.91. The lowest BCUT2D eigenvalue weighted by molar-refractivity contribution is -0.733. The topological polar surface area (TPSA) is 21.9 Å². The van der Waals surface area contributed by atoms with Crippen molar-refractivity contribution in [3.63, 3.8) is 0 Å². The lowest BCUT2D eigenvalue weighted by Crippen LogP contribution is -2.57. The molecule has 10 rings (SSSR count). The molecular weight excluding hydrogens is 550 g/mol. The molecule has 4 heteroatoms. The van der Waals surface area contributed by atoms with Crippen molar-refractivity contribution in [2.45, 2.75) is 45.1 Å². The molecule has 1 atom stereocenters. The molecule has 0 aliphatic carbocycles. The van der Waals surface area contributed by atoms with Gasteiger partial charge in [-0.3, -0.25) is 0 Å². The zero-order valence-corrected chi connectivity index (χ0v) is 25.9. The Hall–Kier alpha value is -5.22. The summed E-state index contributed by atoms with van der Waals surface area (Å²) in [5.41, 5.74) is 11.9. The summed E-state index contributed by atoms with van der Waals surface area (Å²) in [5.74, 6) is 3.73. The minimum Gasteiger partial charge on any atom is -0.448 e. The summed E-state index contributed by atoms with van der Waals surface area (Å²) < 4.78 is 14.6. The van der Waals surface area contributed by atoms with Crippen LogP contribution in [0.1, 0.15) is 67.6 Å². The Morgan fingerprint density at radius 3 is 2.27 bits per heavy atom. The molecule has 0 bridgehead atoms. The summed E-state index contributed by atoms with van der Waals surface area (Å²) in [6, 6.07) is 40.2. The molecule has 2 aromatic heterocycles. The molecule has 5 heterocycles. The Kier molecular flexibility index (Phi) is 4.74. The molecule has 1 spiro atoms. The van der Waals surface area contributed by atoms with Crippen LogP contribution in [0.4, 0.5) is 0 Å². The number of pyridine rings is 1. The molecule has 0 N–H and O–H groups in total. The van der Waals surface area contributed by atoms with Crippen molar-refractivity contribution in [2.24, 2.45) is 0 Å². The van der Waals surface area contributed by atoms with Crippen LogP contribution in [0.5, 0.6) is 11.5 Å². The lowest BCUT2D eigenvalue weighted by atomic mass is 9.80. The van der Waals surface area contributed by atoms with Crippen molar-refractivity contribution < 1.29 is 13.9 Å². The lowest BCUT2D eigenvalue weighted by Gasteiger charge is -2.24. The second-order valence-electron chi connectivity index (χ2n) is 13.3. The van der Waals surface area contributed by atoms with E-state index in [9.17, 15) is 0 Å². The Balaban J connectivity index is 1.53. The summed E-state index contributed by atoms with van der Waals surface area (Å²) in [6.07, 6.45) is 2.29. The molecule has 0 saturated heterocycles. The molecule has 3 aliphatic rings. The number of benzene rings is 5. The fourth-order valence-corrected chi connectivity index (χ4v) is 8.65. The number of ether oxygens (including phenoxy) is 1. The predicted molar refractivity (Wildman–Crippen MR) is 178 cm³/mol. The van der Waals surface area contributed by atoms with Gasteiger partial charge in [0.05, 0.1) is 16.7 Å². The van der Waals surface area contributed by atoms with E-state index in [1.54, 1.807) is 0 Å². The van der Waals surface area contributed by atoms with Gasteiger partial charge in [0.15, 0.2) is 28.9 Å². The number of rotatable bonds is 3. The Bertz CT molecular complexity index is 2360. The highest BCUT2D eigenvalue weighted by atomic mass is 16.5. The van der Waals surface area contributed by atoms with Crippen LogP contribution in [-0.2, 0) is 5.54 Å². The van der Waals surface area contributed by atoms with Gasteiger partial charge >= 0.3 is 11.4 Å². The van der Waals surface area contributed by atoms with E-state index in [-0.39, 0.29) is 0 Å². The van der Waals surface area contributed by atoms with Gasteiger partial charge in [0, 0.05) is 23.3 Å². The fraction of sp³-hybridized carbons (Fsp3) is 0.171. The summed E-state index contributed by atoms with van der Waals surface area (Å²) in [7, 11) is 0. The largest absolute Gasteiger partial charge is 0.448 e. The first-order valence-electron chi connectivity index (χ1n) is 16.1. The molecule has 0 fully saturated rings. The number of hydrogen-bond donors (Lipinski definition) is 0. The number of imidazole rings is 1. The molecular formula is C41H33N3O+2. The zero-order valence-electron chi connectivity index (χ0n) is 25.9. The first kappa shape index (κ1) is 25.1. The van der Waals surface area contributed by atoms with Crippen LogP contribution in [0.2, 0.25) is 0 Å². The van der Waals surface area contributed by atoms with E-state index in [1.807, 2.05) is 0 Å². The SMILES string of the molecule is CC(C)c1cccc(C(C)C)c1-n1c2[n+]3c4c(cccc41)Oc1cc4ccccc4c(c1-3)C21c2ccccc2-c2cccc[n+]21. The van der Waals surface area contributed by atoms with E-state index in [0.29, 0.717) is 11.8 Å². The number of aromatic nitrogens is 3. The summed E-state index contributed by atoms with van der Waals surface area (Å²) >= 11 is 0. The molecule has 1 unspecified atom stereocenters. The number of para-hydroxylation sites is 2. The van der Waals surface area contributed by atoms with Crippen molar-refractivity contribution in [2.75, 3.05) is 0 Å². The summed E-state index contributed by atoms with van der Waals surface area (Å²) in [5, 5.41) is 2.44. The van der Waals surface area contributed by atoms with Gasteiger partial charge < -0.3 is 4.74 Å². The third-order valence-corrected chi connectivity index (χ3v) is 10.4. The highest BCUT2D eigenvalue weighted by Crippen LogP contribution is 2.57. The van der Waals surface area contributed by atoms with Gasteiger partial charge in [0.25, 0.3) is 0 Å². The van der Waals surface area contributed by atoms with Gasteiger partial charge in [0.2, 0.25) is 11.2 Å². The third kappa shape index (κ3) is 2.85. The molecule has 3 aliphatic heterocycles. The van der Waals surface area contributed by atoms with Crippen LogP contribution in [0.3, 0.4) is 0 Å². The molecule has 0 saturated carbocycles. The molecule has 0 amide bonds. The van der Waals surface area contributed by atoms with Crippen molar-refractivity contribution in [1.29, 1.82) is 0 Å². The monoisotopic (exact) mass is 583 g/mol. The Morgan fingerprint density at radius 1 is 0.711 bits per heavy atom. The zero-order chi connectivity index (χ0) is 30.2. The van der Waals surface area contributed by atoms with E-state index in [2.05, 4.69) is 157 Å². The van der Waals surface area contributed by atoms with Crippen molar-refractivity contribution >= 4 is 21.8 Å². The van der Waals surface area contributed by atoms with Gasteiger partial charge in [0.1, 0.15) is 5.69 Å². The third-order valence-electron chi connectivity index (χ3n) is 10.4. The van der Waals surface area contributed by atoms with Crippen molar-refractivity contribution in [3.8, 4) is 34.1 Å². The highest BCUT2D eigenvalue weighted by Gasteiger charge is 2.69. The summed E-state index contributed by atoms with van der Waals surface area (Å²) in [6.45, 7) is 9.28. The van der Waals surface area contributed by atoms with Crippen LogP contribution in [0.25, 0.3) is 44.4 Å². The predicted octanol–water partition coefficient (Wildman–Crippen LogP) is 8.83. The smallest absolute Gasteiger partial charge is 0.352 e. The molecule has 4 nitrogen and oxygen atoms in total. The van der Waals surface area contributed by atoms with Gasteiger partial charge in [-0.05, 0) is 52.9 Å². The minimum atomic E-state index is -0.638. The molecule has 45 heavy (non-hydrogen) atoms. The second kappa shape index (κ2) is 8.48. The standard InChI is InChI=1S/C41H33N3O/c1-24(2)27-16-11-17-28(25(3)4)37(27)43-33-20-12-21-34-38(33)44-39-35(45-34)23-26-13-5-6-14-29(26)36(39)41(40(43)44)31-18-8-7-15-30(31)32-19-9-10-22-42(32)41/h5-25H,1-4H3/q+2. The fourth-order valence-electron chi connectivity index (χ4n) is 8.65. The molecule has 0 radical (unpaired) electrons. The average molecular weight is 584 g/mol. The number of fused-ring (bicyclic) bond motifs is 9. The van der Waals surface area contributed by atoms with Gasteiger partial charge in [-0.2, -0.15) is 13.7 Å². The van der Waals surface area contributed by atoms with E-state index >= 15 is 0 Å². The molecule has 216 valence electrons. The number of nitrogens with zero attached hydrogens (tertiary/aromatic N) is 3. The second-order valence-corrected chi connectivity index (χ2v) is 13.3. The van der Waals surface area contributed by atoms with Crippen LogP contribution >= 0.6 is 0 Å². The van der Waals surface area contributed by atoms with Crippen LogP contribution in [-0.4, -0.2) is 4.57 Å². The minimum absolute atomic E-state index is 0.341. The maximum Gasteiger partial charge on any atom is 0.352 e. The van der Waals surface area contributed by atoms with E-state index in [0.717, 1.165) is 22.7 Å². The number of hydrogen-bond acceptors (Lipinski definition) is 1. The first-order chi connectivity index (χ1) is 22.0. The average Bonchev–Trinajstić information content (AvgIpc) is 3.67. The molecule has 7 aromatic rings. The first-order valence-corrected chi connectivity index (χ1v) is 16.1. The van der Waals surface area contributed by atoms with E-state index in [4.69, 9.17) is 4.74 Å². The molecule has 5 aromatic carbocycles. The maximum absolute atomic E-state index is 6.91. The van der Waals surface area contributed by atoms with Crippen molar-refractivity contribution in [3.05, 3.63) is 143 Å². The summed E-state index contributed by atoms with van der Waals surface area (Å²) in [4.78, 5) is 0. The Labute approximate surface area is 262 Å². The van der Waals surface area contributed by atoms with Gasteiger partial charge in [-0.25, -0.2) is 0 Å². The van der Waals surface area contributed by atoms with Crippen LogP contribution in [0.15, 0.2) is 115 Å². The van der Waals surface area contributed by atoms with Gasteiger partial charge in [-0.1, -0.05) is 94.4 Å². The van der Waals surface area contributed by atoms with Crippen LogP contribution in [0, 0.1) is 0 Å². The van der Waals surface area contributed by atoms with E-state index < -0.39 is 5.54 Å². The van der Waals surface area contributed by atoms with Crippen molar-refractivity contribution in [1.82, 2.24) is 4.57 Å². The highest BCUT2D eigenvalue weighted by molar-refractivity contribution is 5.96. The van der Waals surface area contributed by atoms with Gasteiger partial charge in [-0.15, -0.1) is 0 Å². The normalized spacial score (nSPS) is 16.7. The van der Waals surface area contributed by atoms with Crippen LogP contribution < -0.4 is 13.9 Å². The van der Waals surface area contributed by atoms with E-state index in [1.165, 1.54) is 61.3 Å².